The summed E-state index contributed by atoms with van der Waals surface area (Å²) in [4.78, 5) is 0. The Morgan fingerprint density at radius 2 is 0.909 bits per heavy atom. The van der Waals surface area contributed by atoms with Crippen molar-refractivity contribution in [1.82, 2.24) is 0 Å². The Morgan fingerprint density at radius 3 is 1.21 bits per heavy atom. The van der Waals surface area contributed by atoms with Gasteiger partial charge in [-0.3, -0.25) is 0 Å². The molecule has 0 aliphatic heterocycles. The zero-order chi connectivity index (χ0) is 24.4. The molecule has 172 valence electrons. The van der Waals surface area contributed by atoms with Crippen molar-refractivity contribution in [2.75, 3.05) is 0 Å². The zero-order valence-corrected chi connectivity index (χ0v) is 21.4. The largest absolute Gasteiger partial charge is 0.0984 e. The summed E-state index contributed by atoms with van der Waals surface area (Å²) < 4.78 is 0. The van der Waals surface area contributed by atoms with Crippen molar-refractivity contribution in [3.05, 3.63) is 95.4 Å². The van der Waals surface area contributed by atoms with Gasteiger partial charge in [-0.1, -0.05) is 140 Å². The summed E-state index contributed by atoms with van der Waals surface area (Å²) >= 11 is 0. The molecule has 2 aliphatic rings. The molecule has 1 saturated carbocycles. The first-order valence-corrected chi connectivity index (χ1v) is 12.6. The van der Waals surface area contributed by atoms with Crippen LogP contribution < -0.4 is 10.4 Å². The fourth-order valence-corrected chi connectivity index (χ4v) is 4.48. The molecular formula is C33H40. The van der Waals surface area contributed by atoms with E-state index in [4.69, 9.17) is 0 Å². The second-order valence-electron chi connectivity index (χ2n) is 7.44. The number of hydrogen-bond acceptors (Lipinski definition) is 0. The van der Waals surface area contributed by atoms with Crippen LogP contribution in [0.15, 0.2) is 73.8 Å². The van der Waals surface area contributed by atoms with Gasteiger partial charge in [0.2, 0.25) is 0 Å². The highest BCUT2D eigenvalue weighted by Gasteiger charge is 2.36. The van der Waals surface area contributed by atoms with E-state index in [1.165, 1.54) is 50.2 Å². The highest BCUT2D eigenvalue weighted by atomic mass is 14.4. The van der Waals surface area contributed by atoms with E-state index in [1.54, 1.807) is 0 Å². The molecule has 3 aromatic rings. The molecule has 2 unspecified atom stereocenters. The third kappa shape index (κ3) is 5.28. The molecule has 0 radical (unpaired) electrons. The Bertz CT molecular complexity index is 1070. The Balaban J connectivity index is 0.000000597. The van der Waals surface area contributed by atoms with Gasteiger partial charge in [-0.25, -0.2) is 0 Å². The number of fused-ring (bicyclic) bond motifs is 2. The zero-order valence-electron chi connectivity index (χ0n) is 21.4. The first-order chi connectivity index (χ1) is 16.3. The molecule has 0 saturated heterocycles. The van der Waals surface area contributed by atoms with Gasteiger partial charge in [0.1, 0.15) is 0 Å². The van der Waals surface area contributed by atoms with Crippen molar-refractivity contribution in [3.8, 4) is 22.3 Å². The number of rotatable bonds is 4. The van der Waals surface area contributed by atoms with E-state index in [0.29, 0.717) is 11.8 Å². The van der Waals surface area contributed by atoms with E-state index in [9.17, 15) is 0 Å². The van der Waals surface area contributed by atoms with Gasteiger partial charge in [0.25, 0.3) is 0 Å². The molecule has 0 heterocycles. The lowest BCUT2D eigenvalue weighted by atomic mass is 9.84. The van der Waals surface area contributed by atoms with E-state index < -0.39 is 0 Å². The van der Waals surface area contributed by atoms with Gasteiger partial charge in [-0.2, -0.15) is 0 Å². The minimum atomic E-state index is 0.691. The molecular weight excluding hydrogens is 396 g/mol. The fraction of sp³-hybridized carbons (Fsp3) is 0.273. The lowest BCUT2D eigenvalue weighted by Gasteiger charge is -2.19. The SMILES string of the molecule is C=Cc1c(C=C)c(-c2ccccc2)c2c(c1-c1ccccc1)=CC1CC1C=2.CC.CC.CC. The van der Waals surface area contributed by atoms with E-state index >= 15 is 0 Å². The first kappa shape index (κ1) is 26.1. The molecule has 0 bridgehead atoms. The highest BCUT2D eigenvalue weighted by Crippen LogP contribution is 2.43. The summed E-state index contributed by atoms with van der Waals surface area (Å²) in [5.41, 5.74) is 7.42. The van der Waals surface area contributed by atoms with Crippen molar-refractivity contribution in [3.63, 3.8) is 0 Å². The maximum absolute atomic E-state index is 4.17. The quantitative estimate of drug-likeness (QED) is 0.384. The fourth-order valence-electron chi connectivity index (χ4n) is 4.48. The lowest BCUT2D eigenvalue weighted by molar-refractivity contribution is 1.06. The summed E-state index contributed by atoms with van der Waals surface area (Å²) in [6, 6.07) is 21.4. The molecule has 3 aromatic carbocycles. The van der Waals surface area contributed by atoms with Crippen molar-refractivity contribution in [2.24, 2.45) is 11.8 Å². The van der Waals surface area contributed by atoms with Gasteiger partial charge >= 0.3 is 0 Å². The molecule has 0 aromatic heterocycles. The minimum Gasteiger partial charge on any atom is -0.0984 e. The Hall–Kier alpha value is -3.12. The van der Waals surface area contributed by atoms with Gasteiger partial charge in [0.05, 0.1) is 0 Å². The predicted octanol–water partition coefficient (Wildman–Crippen LogP) is 8.60. The maximum atomic E-state index is 4.17. The molecule has 33 heavy (non-hydrogen) atoms. The summed E-state index contributed by atoms with van der Waals surface area (Å²) in [7, 11) is 0. The monoisotopic (exact) mass is 436 g/mol. The van der Waals surface area contributed by atoms with Gasteiger partial charge < -0.3 is 0 Å². The predicted molar refractivity (Wildman–Crippen MR) is 151 cm³/mol. The van der Waals surface area contributed by atoms with Crippen LogP contribution >= 0.6 is 0 Å². The molecule has 0 nitrogen and oxygen atoms in total. The van der Waals surface area contributed by atoms with E-state index in [1.807, 2.05) is 53.7 Å². The minimum absolute atomic E-state index is 0.691. The van der Waals surface area contributed by atoms with Crippen LogP contribution in [-0.4, -0.2) is 0 Å². The second kappa shape index (κ2) is 12.8. The topological polar surface area (TPSA) is 0 Å². The summed E-state index contributed by atoms with van der Waals surface area (Å²) in [5, 5.41) is 2.72. The molecule has 0 N–H and O–H groups in total. The smallest absolute Gasteiger partial charge is 0.00298 e. The van der Waals surface area contributed by atoms with Crippen LogP contribution in [0.2, 0.25) is 0 Å². The third-order valence-electron chi connectivity index (χ3n) is 5.84. The van der Waals surface area contributed by atoms with Crippen molar-refractivity contribution in [2.45, 2.75) is 48.0 Å². The summed E-state index contributed by atoms with van der Waals surface area (Å²) in [6.07, 6.45) is 10.3. The summed E-state index contributed by atoms with van der Waals surface area (Å²) in [6.45, 7) is 20.3. The highest BCUT2D eigenvalue weighted by molar-refractivity contribution is 5.90. The van der Waals surface area contributed by atoms with Crippen molar-refractivity contribution >= 4 is 24.3 Å². The maximum Gasteiger partial charge on any atom is -0.00298 e. The number of benzene rings is 3. The standard InChI is InChI=1S/C27H22.3C2H6/c1-3-22-23(4-2)27(19-13-9-6-10-14-19)25-17-21-15-20(21)16-24(25)26(22)18-11-7-5-8-12-18;3*1-2/h3-14,16-17,20-21H,1-2,15H2;3*1-2H3. The van der Waals surface area contributed by atoms with Crippen LogP contribution in [0, 0.1) is 11.8 Å². The van der Waals surface area contributed by atoms with Crippen LogP contribution in [0.5, 0.6) is 0 Å². The van der Waals surface area contributed by atoms with Gasteiger partial charge in [0.15, 0.2) is 0 Å². The molecule has 1 fully saturated rings. The third-order valence-corrected chi connectivity index (χ3v) is 5.84. The van der Waals surface area contributed by atoms with Crippen molar-refractivity contribution < 1.29 is 0 Å². The molecule has 0 heteroatoms. The van der Waals surface area contributed by atoms with Crippen LogP contribution in [-0.2, 0) is 0 Å². The van der Waals surface area contributed by atoms with Crippen LogP contribution in [0.3, 0.4) is 0 Å². The average Bonchev–Trinajstić information content (AvgIpc) is 3.69. The van der Waals surface area contributed by atoms with E-state index in [0.717, 1.165) is 0 Å². The second-order valence-corrected chi connectivity index (χ2v) is 7.44. The Kier molecular flexibility index (Phi) is 10.1. The van der Waals surface area contributed by atoms with E-state index in [-0.39, 0.29) is 0 Å². The number of hydrogen-bond donors (Lipinski definition) is 0. The molecule has 5 rings (SSSR count). The Morgan fingerprint density at radius 1 is 0.576 bits per heavy atom. The van der Waals surface area contributed by atoms with Crippen molar-refractivity contribution in [1.29, 1.82) is 0 Å². The first-order valence-electron chi connectivity index (χ1n) is 12.6. The molecule has 0 amide bonds. The van der Waals surface area contributed by atoms with Crippen LogP contribution in [0.4, 0.5) is 0 Å². The van der Waals surface area contributed by atoms with Gasteiger partial charge in [-0.15, -0.1) is 0 Å². The van der Waals surface area contributed by atoms with Crippen LogP contribution in [0.25, 0.3) is 46.6 Å². The van der Waals surface area contributed by atoms with E-state index in [2.05, 4.69) is 86.0 Å². The molecule has 2 aliphatic carbocycles. The molecule has 0 spiro atoms. The average molecular weight is 437 g/mol. The normalized spacial score (nSPS) is 16.2. The summed E-state index contributed by atoms with van der Waals surface area (Å²) in [5.74, 6) is 1.38. The van der Waals surface area contributed by atoms with Gasteiger partial charge in [-0.05, 0) is 62.1 Å². The lowest BCUT2D eigenvalue weighted by Crippen LogP contribution is -2.33. The molecule has 2 atom stereocenters. The van der Waals surface area contributed by atoms with Crippen LogP contribution in [0.1, 0.15) is 59.1 Å². The van der Waals surface area contributed by atoms with Gasteiger partial charge in [0, 0.05) is 0 Å². The Labute approximate surface area is 201 Å².